The summed E-state index contributed by atoms with van der Waals surface area (Å²) in [6.45, 7) is 4.49. The Morgan fingerprint density at radius 1 is 1.30 bits per heavy atom. The molecule has 1 aliphatic rings. The second kappa shape index (κ2) is 12.2. The maximum absolute atomic E-state index is 14.0. The minimum atomic E-state index is -0.813. The Balaban J connectivity index is 0.00000320. The summed E-state index contributed by atoms with van der Waals surface area (Å²) in [6, 6.07) is 7.49. The van der Waals surface area contributed by atoms with Crippen LogP contribution in [0.5, 0.6) is 0 Å². The first-order chi connectivity index (χ1) is 14.1. The van der Waals surface area contributed by atoms with Crippen molar-refractivity contribution in [3.63, 3.8) is 0 Å². The van der Waals surface area contributed by atoms with Crippen molar-refractivity contribution >= 4 is 29.9 Å². The SMILES string of the molecule is CCNC(=NCC(O)c1ccco1)NC1CCCN(Cc2c(F)cccc2F)C1.I. The summed E-state index contributed by atoms with van der Waals surface area (Å²) < 4.78 is 33.1. The maximum Gasteiger partial charge on any atom is 0.191 e. The largest absolute Gasteiger partial charge is 0.467 e. The zero-order valence-electron chi connectivity index (χ0n) is 17.0. The third kappa shape index (κ3) is 6.92. The highest BCUT2D eigenvalue weighted by atomic mass is 127. The molecule has 0 bridgehead atoms. The lowest BCUT2D eigenvalue weighted by molar-refractivity contribution is 0.158. The number of benzene rings is 1. The van der Waals surface area contributed by atoms with Gasteiger partial charge in [-0.3, -0.25) is 9.89 Å². The molecule has 1 fully saturated rings. The van der Waals surface area contributed by atoms with Crippen LogP contribution < -0.4 is 10.6 Å². The van der Waals surface area contributed by atoms with Gasteiger partial charge in [0.2, 0.25) is 0 Å². The van der Waals surface area contributed by atoms with Crippen LogP contribution in [0.1, 0.15) is 37.2 Å². The Morgan fingerprint density at radius 2 is 2.07 bits per heavy atom. The highest BCUT2D eigenvalue weighted by Crippen LogP contribution is 2.18. The number of likely N-dealkylation sites (tertiary alicyclic amines) is 1. The molecule has 3 N–H and O–H groups in total. The van der Waals surface area contributed by atoms with E-state index in [4.69, 9.17) is 4.42 Å². The number of rotatable bonds is 7. The molecular weight excluding hydrogens is 505 g/mol. The van der Waals surface area contributed by atoms with Gasteiger partial charge >= 0.3 is 0 Å². The first-order valence-electron chi connectivity index (χ1n) is 9.98. The van der Waals surface area contributed by atoms with Crippen LogP contribution in [0.25, 0.3) is 0 Å². The van der Waals surface area contributed by atoms with Crippen LogP contribution >= 0.6 is 24.0 Å². The lowest BCUT2D eigenvalue weighted by atomic mass is 10.0. The number of aliphatic hydroxyl groups is 1. The number of nitrogens with one attached hydrogen (secondary N) is 2. The van der Waals surface area contributed by atoms with Crippen molar-refractivity contribution in [3.8, 4) is 0 Å². The Morgan fingerprint density at radius 3 is 2.73 bits per heavy atom. The normalized spacial score (nSPS) is 18.5. The predicted molar refractivity (Wildman–Crippen MR) is 123 cm³/mol. The van der Waals surface area contributed by atoms with Crippen molar-refractivity contribution in [3.05, 3.63) is 59.6 Å². The Kier molecular flexibility index (Phi) is 9.99. The lowest BCUT2D eigenvalue weighted by Crippen LogP contribution is -2.51. The minimum Gasteiger partial charge on any atom is -0.467 e. The second-order valence-corrected chi connectivity index (χ2v) is 7.17. The summed E-state index contributed by atoms with van der Waals surface area (Å²) in [5.41, 5.74) is 0.107. The van der Waals surface area contributed by atoms with Crippen LogP contribution in [0.15, 0.2) is 46.0 Å². The van der Waals surface area contributed by atoms with Crippen LogP contribution in [-0.4, -0.2) is 48.2 Å². The fourth-order valence-electron chi connectivity index (χ4n) is 3.49. The summed E-state index contributed by atoms with van der Waals surface area (Å²) in [7, 11) is 0. The minimum absolute atomic E-state index is 0. The number of hydrogen-bond acceptors (Lipinski definition) is 4. The van der Waals surface area contributed by atoms with E-state index in [2.05, 4.69) is 15.6 Å². The molecule has 0 aliphatic carbocycles. The number of aliphatic hydroxyl groups excluding tert-OH is 1. The number of hydrogen-bond donors (Lipinski definition) is 3. The van der Waals surface area contributed by atoms with Crippen LogP contribution in [-0.2, 0) is 6.54 Å². The van der Waals surface area contributed by atoms with Gasteiger partial charge in [0.15, 0.2) is 5.96 Å². The maximum atomic E-state index is 14.0. The molecule has 1 aromatic heterocycles. The molecular formula is C21H29F2IN4O2. The highest BCUT2D eigenvalue weighted by molar-refractivity contribution is 14.0. The molecule has 166 valence electrons. The number of nitrogens with zero attached hydrogens (tertiary/aromatic N) is 2. The quantitative estimate of drug-likeness (QED) is 0.289. The van der Waals surface area contributed by atoms with Gasteiger partial charge in [0.1, 0.15) is 23.5 Å². The number of halogens is 3. The van der Waals surface area contributed by atoms with Crippen molar-refractivity contribution in [2.45, 2.75) is 38.5 Å². The average molecular weight is 534 g/mol. The van der Waals surface area contributed by atoms with Crippen molar-refractivity contribution in [1.29, 1.82) is 0 Å². The van der Waals surface area contributed by atoms with Gasteiger partial charge in [-0.05, 0) is 50.6 Å². The van der Waals surface area contributed by atoms with Gasteiger partial charge in [0.05, 0.1) is 12.8 Å². The third-order valence-corrected chi connectivity index (χ3v) is 4.93. The molecule has 3 rings (SSSR count). The van der Waals surface area contributed by atoms with E-state index < -0.39 is 17.7 Å². The highest BCUT2D eigenvalue weighted by Gasteiger charge is 2.23. The monoisotopic (exact) mass is 534 g/mol. The average Bonchev–Trinajstić information content (AvgIpc) is 3.24. The van der Waals surface area contributed by atoms with Gasteiger partial charge in [-0.25, -0.2) is 8.78 Å². The van der Waals surface area contributed by atoms with E-state index in [0.717, 1.165) is 19.4 Å². The van der Waals surface area contributed by atoms with E-state index in [0.29, 0.717) is 24.8 Å². The fourth-order valence-corrected chi connectivity index (χ4v) is 3.49. The smallest absolute Gasteiger partial charge is 0.191 e. The third-order valence-electron chi connectivity index (χ3n) is 4.93. The Labute approximate surface area is 192 Å². The van der Waals surface area contributed by atoms with Crippen molar-refractivity contribution < 1.29 is 18.3 Å². The van der Waals surface area contributed by atoms with Crippen LogP contribution in [0.3, 0.4) is 0 Å². The standard InChI is InChI=1S/C21H28F2N4O2.HI/c1-2-24-21(25-12-19(28)20-9-5-11-29-20)26-15-6-4-10-27(13-15)14-16-17(22)7-3-8-18(16)23;/h3,5,7-9,11,15,19,28H,2,4,6,10,12-14H2,1H3,(H2,24,25,26);1H. The van der Waals surface area contributed by atoms with E-state index in [9.17, 15) is 13.9 Å². The van der Waals surface area contributed by atoms with Gasteiger partial charge in [-0.2, -0.15) is 0 Å². The molecule has 2 aromatic rings. The van der Waals surface area contributed by atoms with Crippen LogP contribution in [0, 0.1) is 11.6 Å². The summed E-state index contributed by atoms with van der Waals surface area (Å²) in [5.74, 6) is 0.0474. The fraction of sp³-hybridized carbons (Fsp3) is 0.476. The first kappa shape index (κ1) is 24.5. The second-order valence-electron chi connectivity index (χ2n) is 7.17. The van der Waals surface area contributed by atoms with Gasteiger partial charge in [-0.1, -0.05) is 6.07 Å². The molecule has 6 nitrogen and oxygen atoms in total. The van der Waals surface area contributed by atoms with Crippen LogP contribution in [0.4, 0.5) is 8.78 Å². The Bertz CT molecular complexity index is 784. The van der Waals surface area contributed by atoms with Gasteiger partial charge in [0, 0.05) is 31.2 Å². The van der Waals surface area contributed by atoms with E-state index in [-0.39, 0.29) is 48.7 Å². The number of piperidine rings is 1. The van der Waals surface area contributed by atoms with E-state index >= 15 is 0 Å². The summed E-state index contributed by atoms with van der Waals surface area (Å²) >= 11 is 0. The molecule has 2 heterocycles. The van der Waals surface area contributed by atoms with E-state index in [1.165, 1.54) is 24.5 Å². The van der Waals surface area contributed by atoms with Gasteiger partial charge < -0.3 is 20.2 Å². The zero-order valence-corrected chi connectivity index (χ0v) is 19.3. The summed E-state index contributed by atoms with van der Waals surface area (Å²) in [5, 5.41) is 16.7. The Hall–Kier alpha value is -1.72. The first-order valence-corrected chi connectivity index (χ1v) is 9.98. The van der Waals surface area contributed by atoms with Crippen molar-refractivity contribution in [2.24, 2.45) is 4.99 Å². The molecule has 2 unspecified atom stereocenters. The topological polar surface area (TPSA) is 73.0 Å². The molecule has 1 saturated heterocycles. The van der Waals surface area contributed by atoms with Gasteiger partial charge in [-0.15, -0.1) is 24.0 Å². The number of aliphatic imine (C=N–C) groups is 1. The van der Waals surface area contributed by atoms with Crippen LogP contribution in [0.2, 0.25) is 0 Å². The molecule has 2 atom stereocenters. The molecule has 0 radical (unpaired) electrons. The van der Waals surface area contributed by atoms with E-state index in [1.54, 1.807) is 12.1 Å². The summed E-state index contributed by atoms with van der Waals surface area (Å²) in [6.07, 6.45) is 2.55. The number of guanidine groups is 1. The van der Waals surface area contributed by atoms with Crippen molar-refractivity contribution in [2.75, 3.05) is 26.2 Å². The van der Waals surface area contributed by atoms with Gasteiger partial charge in [0.25, 0.3) is 0 Å². The lowest BCUT2D eigenvalue weighted by Gasteiger charge is -2.34. The molecule has 0 spiro atoms. The summed E-state index contributed by atoms with van der Waals surface area (Å²) in [4.78, 5) is 6.49. The molecule has 0 saturated carbocycles. The molecule has 9 heteroatoms. The molecule has 1 aromatic carbocycles. The number of furan rings is 1. The molecule has 1 aliphatic heterocycles. The molecule has 30 heavy (non-hydrogen) atoms. The molecule has 0 amide bonds. The van der Waals surface area contributed by atoms with Crippen molar-refractivity contribution in [1.82, 2.24) is 15.5 Å². The van der Waals surface area contributed by atoms with E-state index in [1.807, 2.05) is 11.8 Å². The zero-order chi connectivity index (χ0) is 20.6. The predicted octanol–water partition coefficient (Wildman–Crippen LogP) is 3.43.